The number of benzene rings is 1. The number of rotatable bonds is 7. The van der Waals surface area contributed by atoms with Crippen molar-refractivity contribution in [3.05, 3.63) is 53.7 Å². The van der Waals surface area contributed by atoms with Gasteiger partial charge in [0.15, 0.2) is 0 Å². The molecule has 0 saturated heterocycles. The maximum atomic E-state index is 12.9. The van der Waals surface area contributed by atoms with Crippen molar-refractivity contribution in [1.29, 1.82) is 0 Å². The Bertz CT molecular complexity index is 900. The van der Waals surface area contributed by atoms with E-state index < -0.39 is 27.7 Å². The maximum Gasteiger partial charge on any atom is 0.419 e. The molecule has 1 heterocycles. The van der Waals surface area contributed by atoms with E-state index in [9.17, 15) is 26.4 Å². The predicted octanol–water partition coefficient (Wildman–Crippen LogP) is 1.85. The van der Waals surface area contributed by atoms with Crippen molar-refractivity contribution in [2.45, 2.75) is 11.1 Å². The Balaban J connectivity index is 1.90. The fourth-order valence-electron chi connectivity index (χ4n) is 2.14. The second kappa shape index (κ2) is 8.35. The largest absolute Gasteiger partial charge is 0.419 e. The maximum absolute atomic E-state index is 12.9. The second-order valence-electron chi connectivity index (χ2n) is 5.31. The number of carbonyl (C=O) groups is 1. The van der Waals surface area contributed by atoms with Crippen molar-refractivity contribution < 1.29 is 26.4 Å². The summed E-state index contributed by atoms with van der Waals surface area (Å²) in [4.78, 5) is 15.7. The van der Waals surface area contributed by atoms with E-state index in [0.29, 0.717) is 0 Å². The number of aromatic nitrogens is 1. The average Bonchev–Trinajstić information content (AvgIpc) is 2.64. The molecule has 0 aliphatic rings. The molecule has 11 heteroatoms. The molecule has 0 aliphatic carbocycles. The molecule has 0 spiro atoms. The van der Waals surface area contributed by atoms with Crippen molar-refractivity contribution in [2.24, 2.45) is 0 Å². The summed E-state index contributed by atoms with van der Waals surface area (Å²) in [5.41, 5.74) is -0.670. The highest BCUT2D eigenvalue weighted by atomic mass is 32.2. The number of anilines is 1. The lowest BCUT2D eigenvalue weighted by atomic mass is 10.2. The standard InChI is InChI=1S/C16H17F3N4O3S/c1-20-27(25,26)12-6-4-11(5-7-12)15(24)23-10-9-22-14-13(16(17,18)19)3-2-8-21-14/h2-8,20H,9-10H2,1H3,(H,21,22)(H,23,24). The van der Waals surface area contributed by atoms with E-state index in [0.717, 1.165) is 6.07 Å². The van der Waals surface area contributed by atoms with E-state index in [1.165, 1.54) is 43.6 Å². The van der Waals surface area contributed by atoms with Crippen LogP contribution in [0.5, 0.6) is 0 Å². The van der Waals surface area contributed by atoms with Gasteiger partial charge in [-0.25, -0.2) is 18.1 Å². The lowest BCUT2D eigenvalue weighted by molar-refractivity contribution is -0.137. The van der Waals surface area contributed by atoms with Crippen molar-refractivity contribution in [2.75, 3.05) is 25.5 Å². The first-order valence-corrected chi connectivity index (χ1v) is 9.21. The van der Waals surface area contributed by atoms with Crippen LogP contribution in [-0.2, 0) is 16.2 Å². The molecule has 1 aromatic heterocycles. The molecule has 0 fully saturated rings. The van der Waals surface area contributed by atoms with E-state index in [4.69, 9.17) is 0 Å². The molecule has 0 bridgehead atoms. The minimum atomic E-state index is -4.53. The van der Waals surface area contributed by atoms with Gasteiger partial charge in [-0.1, -0.05) is 0 Å². The van der Waals surface area contributed by atoms with Gasteiger partial charge in [-0.05, 0) is 43.4 Å². The third kappa shape index (κ3) is 5.41. The van der Waals surface area contributed by atoms with Crippen LogP contribution in [0.3, 0.4) is 0 Å². The molecular formula is C16H17F3N4O3S. The summed E-state index contributed by atoms with van der Waals surface area (Å²) in [7, 11) is -2.33. The summed E-state index contributed by atoms with van der Waals surface area (Å²) in [6.45, 7) is 0.0708. The summed E-state index contributed by atoms with van der Waals surface area (Å²) in [6, 6.07) is 7.34. The van der Waals surface area contributed by atoms with E-state index >= 15 is 0 Å². The Morgan fingerprint density at radius 3 is 2.37 bits per heavy atom. The lowest BCUT2D eigenvalue weighted by Gasteiger charge is -2.13. The van der Waals surface area contributed by atoms with Gasteiger partial charge in [-0.15, -0.1) is 0 Å². The number of pyridine rings is 1. The summed E-state index contributed by atoms with van der Waals surface area (Å²) >= 11 is 0. The van der Waals surface area contributed by atoms with Gasteiger partial charge < -0.3 is 10.6 Å². The van der Waals surface area contributed by atoms with Crippen LogP contribution in [-0.4, -0.2) is 39.4 Å². The average molecular weight is 402 g/mol. The zero-order valence-electron chi connectivity index (χ0n) is 14.2. The summed E-state index contributed by atoms with van der Waals surface area (Å²) in [6.07, 6.45) is -3.30. The van der Waals surface area contributed by atoms with Crippen molar-refractivity contribution in [3.8, 4) is 0 Å². The van der Waals surface area contributed by atoms with Gasteiger partial charge in [0.25, 0.3) is 5.91 Å². The molecule has 0 aliphatic heterocycles. The number of halogens is 3. The molecule has 0 unspecified atom stereocenters. The zero-order chi connectivity index (χ0) is 20.1. The highest BCUT2D eigenvalue weighted by molar-refractivity contribution is 7.89. The highest BCUT2D eigenvalue weighted by Crippen LogP contribution is 2.33. The van der Waals surface area contributed by atoms with Crippen LogP contribution in [0, 0.1) is 0 Å². The van der Waals surface area contributed by atoms with Gasteiger partial charge in [0.2, 0.25) is 10.0 Å². The molecule has 0 radical (unpaired) electrons. The third-order valence-electron chi connectivity index (χ3n) is 3.51. The van der Waals surface area contributed by atoms with Crippen LogP contribution in [0.15, 0.2) is 47.5 Å². The lowest BCUT2D eigenvalue weighted by Crippen LogP contribution is -2.29. The molecule has 2 rings (SSSR count). The van der Waals surface area contributed by atoms with Crippen LogP contribution < -0.4 is 15.4 Å². The van der Waals surface area contributed by atoms with Crippen molar-refractivity contribution in [1.82, 2.24) is 15.0 Å². The molecule has 0 saturated carbocycles. The molecule has 3 N–H and O–H groups in total. The second-order valence-corrected chi connectivity index (χ2v) is 7.20. The van der Waals surface area contributed by atoms with Crippen LogP contribution in [0.4, 0.5) is 19.0 Å². The number of carbonyl (C=O) groups excluding carboxylic acids is 1. The van der Waals surface area contributed by atoms with Gasteiger partial charge in [0.1, 0.15) is 5.82 Å². The Morgan fingerprint density at radius 2 is 1.78 bits per heavy atom. The number of alkyl halides is 3. The number of hydrogen-bond donors (Lipinski definition) is 3. The van der Waals surface area contributed by atoms with Gasteiger partial charge in [0.05, 0.1) is 10.5 Å². The minimum absolute atomic E-state index is 0.0121. The third-order valence-corrected chi connectivity index (χ3v) is 4.94. The SMILES string of the molecule is CNS(=O)(=O)c1ccc(C(=O)NCCNc2ncccc2C(F)(F)F)cc1. The molecule has 2 aromatic rings. The van der Waals surface area contributed by atoms with E-state index in [1.54, 1.807) is 0 Å². The Kier molecular flexibility index (Phi) is 6.39. The van der Waals surface area contributed by atoms with Crippen molar-refractivity contribution >= 4 is 21.7 Å². The number of nitrogens with one attached hydrogen (secondary N) is 3. The van der Waals surface area contributed by atoms with Crippen LogP contribution in [0.1, 0.15) is 15.9 Å². The predicted molar refractivity (Wildman–Crippen MR) is 92.7 cm³/mol. The minimum Gasteiger partial charge on any atom is -0.368 e. The van der Waals surface area contributed by atoms with Crippen LogP contribution in [0.25, 0.3) is 0 Å². The van der Waals surface area contributed by atoms with Gasteiger partial charge in [0, 0.05) is 24.8 Å². The number of hydrogen-bond acceptors (Lipinski definition) is 5. The van der Waals surface area contributed by atoms with Crippen LogP contribution in [0.2, 0.25) is 0 Å². The molecule has 146 valence electrons. The topological polar surface area (TPSA) is 100 Å². The molecule has 1 amide bonds. The van der Waals surface area contributed by atoms with Crippen LogP contribution >= 0.6 is 0 Å². The Morgan fingerprint density at radius 1 is 1.11 bits per heavy atom. The van der Waals surface area contributed by atoms with Gasteiger partial charge >= 0.3 is 6.18 Å². The summed E-state index contributed by atoms with van der Waals surface area (Å²) in [5.74, 6) is -0.803. The molecular weight excluding hydrogens is 385 g/mol. The van der Waals surface area contributed by atoms with Crippen molar-refractivity contribution in [3.63, 3.8) is 0 Å². The molecule has 27 heavy (non-hydrogen) atoms. The normalized spacial score (nSPS) is 11.9. The van der Waals surface area contributed by atoms with E-state index in [1.807, 2.05) is 0 Å². The fraction of sp³-hybridized carbons (Fsp3) is 0.250. The monoisotopic (exact) mass is 402 g/mol. The highest BCUT2D eigenvalue weighted by Gasteiger charge is 2.33. The Labute approximate surface area is 154 Å². The number of amides is 1. The van der Waals surface area contributed by atoms with E-state index in [2.05, 4.69) is 20.3 Å². The molecule has 0 atom stereocenters. The first kappa shape index (κ1) is 20.6. The first-order valence-electron chi connectivity index (χ1n) is 7.73. The zero-order valence-corrected chi connectivity index (χ0v) is 15.0. The quantitative estimate of drug-likeness (QED) is 0.614. The van der Waals surface area contributed by atoms with E-state index in [-0.39, 0.29) is 29.4 Å². The first-order chi connectivity index (χ1) is 12.6. The Hall–Kier alpha value is -2.66. The molecule has 7 nitrogen and oxygen atoms in total. The summed E-state index contributed by atoms with van der Waals surface area (Å²) in [5, 5.41) is 5.05. The molecule has 1 aromatic carbocycles. The number of sulfonamides is 1. The smallest absolute Gasteiger partial charge is 0.368 e. The van der Waals surface area contributed by atoms with Gasteiger partial charge in [-0.2, -0.15) is 13.2 Å². The van der Waals surface area contributed by atoms with Gasteiger partial charge in [-0.3, -0.25) is 4.79 Å². The fourth-order valence-corrected chi connectivity index (χ4v) is 2.87. The summed E-state index contributed by atoms with van der Waals surface area (Å²) < 4.78 is 64.0. The number of nitrogens with zero attached hydrogens (tertiary/aromatic N) is 1.